The minimum atomic E-state index is -0.269. The predicted molar refractivity (Wildman–Crippen MR) is 79.7 cm³/mol. The number of hydrogen-bond acceptors (Lipinski definition) is 2. The number of carbonyl (C=O) groups is 2. The number of urea groups is 1. The van der Waals surface area contributed by atoms with Crippen LogP contribution in [0.1, 0.15) is 43.0 Å². The zero-order chi connectivity index (χ0) is 14.4. The van der Waals surface area contributed by atoms with Gasteiger partial charge in [-0.25, -0.2) is 4.79 Å². The fraction of sp³-hybridized carbons (Fsp3) is 0.375. The molecule has 1 aliphatic carbocycles. The molecule has 0 saturated heterocycles. The number of hydrogen-bond donors (Lipinski definition) is 2. The molecule has 0 aromatic heterocycles. The lowest BCUT2D eigenvalue weighted by Gasteiger charge is -2.06. The van der Waals surface area contributed by atoms with Crippen LogP contribution in [0.4, 0.5) is 10.5 Å². The maximum absolute atomic E-state index is 11.7. The maximum atomic E-state index is 11.7. The highest BCUT2D eigenvalue weighted by Crippen LogP contribution is 2.25. The van der Waals surface area contributed by atoms with Gasteiger partial charge in [0.1, 0.15) is 0 Å². The van der Waals surface area contributed by atoms with Crippen LogP contribution in [0.25, 0.3) is 0 Å². The molecule has 1 aliphatic rings. The van der Waals surface area contributed by atoms with E-state index in [1.54, 1.807) is 30.5 Å². The summed E-state index contributed by atoms with van der Waals surface area (Å²) < 4.78 is 0. The van der Waals surface area contributed by atoms with Crippen LogP contribution in [0.15, 0.2) is 36.5 Å². The van der Waals surface area contributed by atoms with E-state index in [2.05, 4.69) is 16.7 Å². The third-order valence-electron chi connectivity index (χ3n) is 3.53. The molecule has 0 spiro atoms. The van der Waals surface area contributed by atoms with Gasteiger partial charge in [0.25, 0.3) is 0 Å². The van der Waals surface area contributed by atoms with Crippen LogP contribution in [0.5, 0.6) is 0 Å². The van der Waals surface area contributed by atoms with Gasteiger partial charge in [-0.05, 0) is 49.9 Å². The lowest BCUT2D eigenvalue weighted by atomic mass is 10.1. The van der Waals surface area contributed by atoms with Crippen molar-refractivity contribution in [2.24, 2.45) is 5.92 Å². The van der Waals surface area contributed by atoms with Crippen LogP contribution in [0, 0.1) is 5.92 Å². The van der Waals surface area contributed by atoms with Crippen molar-refractivity contribution in [3.8, 4) is 0 Å². The molecule has 106 valence electrons. The van der Waals surface area contributed by atoms with E-state index < -0.39 is 0 Å². The summed E-state index contributed by atoms with van der Waals surface area (Å²) >= 11 is 0. The summed E-state index contributed by atoms with van der Waals surface area (Å²) in [7, 11) is 0. The van der Waals surface area contributed by atoms with Crippen molar-refractivity contribution in [3.05, 3.63) is 42.1 Å². The summed E-state index contributed by atoms with van der Waals surface area (Å²) in [5.41, 5.74) is 1.30. The molecule has 1 aromatic rings. The minimum Gasteiger partial charge on any atom is -0.315 e. The molecule has 4 heteroatoms. The monoisotopic (exact) mass is 272 g/mol. The van der Waals surface area contributed by atoms with Crippen LogP contribution in [-0.2, 0) is 0 Å². The number of Topliss-reactive ketones (excluding diaryl/α,β-unsaturated/α-hetero) is 1. The summed E-state index contributed by atoms with van der Waals surface area (Å²) in [6.45, 7) is 1.52. The fourth-order valence-electron chi connectivity index (χ4n) is 2.37. The minimum absolute atomic E-state index is 0.0144. The average molecular weight is 272 g/mol. The Hall–Kier alpha value is -2.10. The lowest BCUT2D eigenvalue weighted by Crippen LogP contribution is -2.24. The van der Waals surface area contributed by atoms with E-state index in [0.29, 0.717) is 17.2 Å². The van der Waals surface area contributed by atoms with E-state index in [9.17, 15) is 9.59 Å². The number of allylic oxidation sites excluding steroid dienone is 1. The number of amides is 2. The number of benzene rings is 1. The quantitative estimate of drug-likeness (QED) is 0.821. The van der Waals surface area contributed by atoms with Gasteiger partial charge in [-0.15, -0.1) is 0 Å². The van der Waals surface area contributed by atoms with Gasteiger partial charge in [0.05, 0.1) is 0 Å². The summed E-state index contributed by atoms with van der Waals surface area (Å²) in [5, 5.41) is 5.42. The van der Waals surface area contributed by atoms with Crippen molar-refractivity contribution in [2.45, 2.75) is 32.6 Å². The molecule has 0 bridgehead atoms. The molecule has 0 aliphatic heterocycles. The highest BCUT2D eigenvalue weighted by Gasteiger charge is 2.11. The van der Waals surface area contributed by atoms with Gasteiger partial charge in [-0.1, -0.05) is 18.9 Å². The van der Waals surface area contributed by atoms with Crippen LogP contribution in [-0.4, -0.2) is 11.8 Å². The highest BCUT2D eigenvalue weighted by molar-refractivity contribution is 5.95. The Bertz CT molecular complexity index is 500. The Balaban J connectivity index is 1.80. The zero-order valence-corrected chi connectivity index (χ0v) is 11.7. The summed E-state index contributed by atoms with van der Waals surface area (Å²) in [6, 6.07) is 6.57. The van der Waals surface area contributed by atoms with E-state index in [1.165, 1.54) is 32.6 Å². The third-order valence-corrected chi connectivity index (χ3v) is 3.53. The summed E-state index contributed by atoms with van der Waals surface area (Å²) in [6.07, 6.45) is 8.77. The molecule has 0 heterocycles. The first-order valence-corrected chi connectivity index (χ1v) is 7.00. The number of nitrogens with one attached hydrogen (secondary N) is 2. The maximum Gasteiger partial charge on any atom is 0.323 e. The van der Waals surface area contributed by atoms with Crippen molar-refractivity contribution in [1.82, 2.24) is 5.32 Å². The first kappa shape index (κ1) is 14.3. The Morgan fingerprint density at radius 2 is 1.80 bits per heavy atom. The fourth-order valence-corrected chi connectivity index (χ4v) is 2.37. The second-order valence-electron chi connectivity index (χ2n) is 5.14. The van der Waals surface area contributed by atoms with Crippen molar-refractivity contribution in [3.63, 3.8) is 0 Å². The molecular formula is C16H20N2O2. The van der Waals surface area contributed by atoms with Crippen molar-refractivity contribution >= 4 is 17.5 Å². The van der Waals surface area contributed by atoms with Crippen LogP contribution >= 0.6 is 0 Å². The molecule has 2 rings (SSSR count). The molecule has 20 heavy (non-hydrogen) atoms. The molecule has 2 N–H and O–H groups in total. The molecule has 0 unspecified atom stereocenters. The van der Waals surface area contributed by atoms with Crippen molar-refractivity contribution in [2.75, 3.05) is 5.32 Å². The normalized spacial score (nSPS) is 15.4. The number of rotatable bonds is 4. The van der Waals surface area contributed by atoms with Gasteiger partial charge >= 0.3 is 6.03 Å². The first-order valence-electron chi connectivity index (χ1n) is 7.00. The van der Waals surface area contributed by atoms with E-state index in [0.717, 1.165) is 0 Å². The van der Waals surface area contributed by atoms with E-state index in [-0.39, 0.29) is 11.8 Å². The van der Waals surface area contributed by atoms with Crippen LogP contribution in [0.2, 0.25) is 0 Å². The third kappa shape index (κ3) is 4.23. The van der Waals surface area contributed by atoms with E-state index in [4.69, 9.17) is 0 Å². The Labute approximate surface area is 119 Å². The molecule has 1 aromatic carbocycles. The smallest absolute Gasteiger partial charge is 0.315 e. The van der Waals surface area contributed by atoms with Gasteiger partial charge in [0.15, 0.2) is 5.78 Å². The molecular weight excluding hydrogens is 252 g/mol. The molecule has 1 saturated carbocycles. The average Bonchev–Trinajstić information content (AvgIpc) is 2.92. The number of anilines is 1. The summed E-state index contributed by atoms with van der Waals surface area (Å²) in [5.74, 6) is 0.616. The topological polar surface area (TPSA) is 58.2 Å². The second kappa shape index (κ2) is 6.89. The van der Waals surface area contributed by atoms with Crippen molar-refractivity contribution < 1.29 is 9.59 Å². The van der Waals surface area contributed by atoms with Crippen molar-refractivity contribution in [1.29, 1.82) is 0 Å². The molecule has 1 fully saturated rings. The largest absolute Gasteiger partial charge is 0.323 e. The molecule has 0 radical (unpaired) electrons. The molecule has 4 nitrogen and oxygen atoms in total. The summed E-state index contributed by atoms with van der Waals surface area (Å²) in [4.78, 5) is 22.8. The Morgan fingerprint density at radius 1 is 1.15 bits per heavy atom. The first-order chi connectivity index (χ1) is 9.65. The van der Waals surface area contributed by atoms with E-state index >= 15 is 0 Å². The Kier molecular flexibility index (Phi) is 4.93. The standard InChI is InChI=1S/C16H20N2O2/c1-12(19)14-6-8-15(9-7-14)18-16(20)17-11-10-13-4-2-3-5-13/h6-11,13H,2-5H2,1H3,(H2,17,18,20)/b11-10+. The molecule has 0 atom stereocenters. The van der Waals surface area contributed by atoms with Crippen LogP contribution < -0.4 is 10.6 Å². The van der Waals surface area contributed by atoms with Gasteiger partial charge < -0.3 is 10.6 Å². The highest BCUT2D eigenvalue weighted by atomic mass is 16.2. The molecule has 2 amide bonds. The van der Waals surface area contributed by atoms with E-state index in [1.807, 2.05) is 0 Å². The van der Waals surface area contributed by atoms with Crippen LogP contribution in [0.3, 0.4) is 0 Å². The van der Waals surface area contributed by atoms with Gasteiger partial charge in [0, 0.05) is 17.5 Å². The van der Waals surface area contributed by atoms with Gasteiger partial charge in [0.2, 0.25) is 0 Å². The zero-order valence-electron chi connectivity index (χ0n) is 11.7. The number of ketones is 1. The lowest BCUT2D eigenvalue weighted by molar-refractivity contribution is 0.101. The SMILES string of the molecule is CC(=O)c1ccc(NC(=O)N/C=C/C2CCCC2)cc1. The number of carbonyl (C=O) groups excluding carboxylic acids is 2. The second-order valence-corrected chi connectivity index (χ2v) is 5.14. The Morgan fingerprint density at radius 3 is 2.40 bits per heavy atom. The van der Waals surface area contributed by atoms with Gasteiger partial charge in [-0.3, -0.25) is 4.79 Å². The van der Waals surface area contributed by atoms with Gasteiger partial charge in [-0.2, -0.15) is 0 Å². The predicted octanol–water partition coefficient (Wildman–Crippen LogP) is 3.71.